The first-order valence-corrected chi connectivity index (χ1v) is 10.3. The van der Waals surface area contributed by atoms with Crippen LogP contribution >= 0.6 is 0 Å². The van der Waals surface area contributed by atoms with Crippen molar-refractivity contribution in [3.63, 3.8) is 0 Å². The molecule has 2 aliphatic rings. The van der Waals surface area contributed by atoms with Crippen LogP contribution in [0.5, 0.6) is 11.5 Å². The zero-order chi connectivity index (χ0) is 21.5. The first-order valence-electron chi connectivity index (χ1n) is 10.3. The molecule has 5 rings (SSSR count). The van der Waals surface area contributed by atoms with Gasteiger partial charge in [-0.3, -0.25) is 9.59 Å². The standard InChI is InChI=1S/C24H23NO6/c1-28-18-10-9-14(12-19(18)29-2)21-20-22(26)16-7-3-4-8-17(16)31-23(20)24(27)25(21)13-15-6-5-11-30-15/h3-4,7-10,12,15,21H,5-6,11,13H2,1-2H3/t15-,21-/m0/s1. The predicted molar refractivity (Wildman–Crippen MR) is 114 cm³/mol. The SMILES string of the molecule is COc1ccc([C@H]2c3c(oc4ccccc4c3=O)C(=O)N2C[C@@H]2CCCO2)cc1OC. The number of para-hydroxylation sites is 1. The number of rotatable bonds is 5. The number of carbonyl (C=O) groups is 1. The van der Waals surface area contributed by atoms with Crippen LogP contribution in [0.2, 0.25) is 0 Å². The maximum Gasteiger partial charge on any atom is 0.291 e. The third-order valence-corrected chi connectivity index (χ3v) is 6.02. The summed E-state index contributed by atoms with van der Waals surface area (Å²) in [5.74, 6) is 0.907. The third-order valence-electron chi connectivity index (χ3n) is 6.02. The second-order valence-corrected chi connectivity index (χ2v) is 7.78. The largest absolute Gasteiger partial charge is 0.493 e. The fraction of sp³-hybridized carbons (Fsp3) is 0.333. The smallest absolute Gasteiger partial charge is 0.291 e. The molecular weight excluding hydrogens is 398 g/mol. The summed E-state index contributed by atoms with van der Waals surface area (Å²) in [6.45, 7) is 1.07. The van der Waals surface area contributed by atoms with E-state index in [0.717, 1.165) is 18.4 Å². The molecule has 2 atom stereocenters. The molecule has 0 N–H and O–H groups in total. The fourth-order valence-corrected chi connectivity index (χ4v) is 4.53. The molecule has 31 heavy (non-hydrogen) atoms. The van der Waals surface area contributed by atoms with E-state index in [1.165, 1.54) is 0 Å². The monoisotopic (exact) mass is 421 g/mol. The molecule has 0 spiro atoms. The van der Waals surface area contributed by atoms with Gasteiger partial charge in [0.1, 0.15) is 5.58 Å². The molecule has 7 heteroatoms. The molecule has 160 valence electrons. The minimum absolute atomic E-state index is 0.0644. The highest BCUT2D eigenvalue weighted by Crippen LogP contribution is 2.41. The van der Waals surface area contributed by atoms with Crippen LogP contribution in [-0.4, -0.2) is 44.3 Å². The van der Waals surface area contributed by atoms with Crippen LogP contribution in [0.4, 0.5) is 0 Å². The second-order valence-electron chi connectivity index (χ2n) is 7.78. The molecule has 0 saturated carbocycles. The van der Waals surface area contributed by atoms with Gasteiger partial charge in [-0.2, -0.15) is 0 Å². The number of fused-ring (bicyclic) bond motifs is 2. The topological polar surface area (TPSA) is 78.2 Å². The van der Waals surface area contributed by atoms with E-state index in [4.69, 9.17) is 18.6 Å². The van der Waals surface area contributed by atoms with Crippen LogP contribution in [0.25, 0.3) is 11.0 Å². The van der Waals surface area contributed by atoms with E-state index in [1.54, 1.807) is 49.5 Å². The molecule has 0 unspecified atom stereocenters. The number of ether oxygens (including phenoxy) is 3. The maximum absolute atomic E-state index is 13.5. The van der Waals surface area contributed by atoms with Gasteiger partial charge in [-0.05, 0) is 42.7 Å². The average Bonchev–Trinajstić information content (AvgIpc) is 3.41. The van der Waals surface area contributed by atoms with Gasteiger partial charge >= 0.3 is 0 Å². The molecule has 1 saturated heterocycles. The summed E-state index contributed by atoms with van der Waals surface area (Å²) in [4.78, 5) is 28.6. The first kappa shape index (κ1) is 19.6. The fourth-order valence-electron chi connectivity index (χ4n) is 4.53. The number of carbonyl (C=O) groups excluding carboxylic acids is 1. The van der Waals surface area contributed by atoms with E-state index in [9.17, 15) is 9.59 Å². The number of amides is 1. The highest BCUT2D eigenvalue weighted by Gasteiger charge is 2.44. The summed E-state index contributed by atoms with van der Waals surface area (Å²) in [6, 6.07) is 11.9. The van der Waals surface area contributed by atoms with Crippen molar-refractivity contribution in [3.8, 4) is 11.5 Å². The number of hydrogen-bond acceptors (Lipinski definition) is 6. The summed E-state index contributed by atoms with van der Waals surface area (Å²) in [5.41, 5.74) is 1.32. The van der Waals surface area contributed by atoms with Gasteiger partial charge in [0, 0.05) is 13.2 Å². The quantitative estimate of drug-likeness (QED) is 0.627. The number of benzene rings is 2. The van der Waals surface area contributed by atoms with Gasteiger partial charge < -0.3 is 23.5 Å². The molecule has 1 amide bonds. The van der Waals surface area contributed by atoms with Gasteiger partial charge in [0.2, 0.25) is 5.76 Å². The zero-order valence-corrected chi connectivity index (χ0v) is 17.4. The summed E-state index contributed by atoms with van der Waals surface area (Å²) in [7, 11) is 3.12. The van der Waals surface area contributed by atoms with E-state index < -0.39 is 6.04 Å². The molecule has 1 aromatic heterocycles. The zero-order valence-electron chi connectivity index (χ0n) is 17.4. The van der Waals surface area contributed by atoms with E-state index in [2.05, 4.69) is 0 Å². The molecule has 0 bridgehead atoms. The Kier molecular flexibility index (Phi) is 4.90. The predicted octanol–water partition coefficient (Wildman–Crippen LogP) is 3.53. The lowest BCUT2D eigenvalue weighted by atomic mass is 9.98. The Balaban J connectivity index is 1.70. The van der Waals surface area contributed by atoms with Crippen molar-refractivity contribution in [2.24, 2.45) is 0 Å². The summed E-state index contributed by atoms with van der Waals surface area (Å²) < 4.78 is 22.6. The van der Waals surface area contributed by atoms with Crippen molar-refractivity contribution < 1.29 is 23.4 Å². The number of methoxy groups -OCH3 is 2. The molecule has 3 aromatic rings. The molecule has 1 fully saturated rings. The highest BCUT2D eigenvalue weighted by atomic mass is 16.5. The summed E-state index contributed by atoms with van der Waals surface area (Å²) in [6.07, 6.45) is 1.77. The Morgan fingerprint density at radius 2 is 1.87 bits per heavy atom. The van der Waals surface area contributed by atoms with Gasteiger partial charge in [-0.15, -0.1) is 0 Å². The van der Waals surface area contributed by atoms with Crippen molar-refractivity contribution in [2.45, 2.75) is 25.0 Å². The molecule has 7 nitrogen and oxygen atoms in total. The Morgan fingerprint density at radius 3 is 2.61 bits per heavy atom. The highest BCUT2D eigenvalue weighted by molar-refractivity contribution is 5.99. The Morgan fingerprint density at radius 1 is 1.06 bits per heavy atom. The first-order chi connectivity index (χ1) is 15.1. The summed E-state index contributed by atoms with van der Waals surface area (Å²) >= 11 is 0. The van der Waals surface area contributed by atoms with Crippen LogP contribution in [0, 0.1) is 0 Å². The van der Waals surface area contributed by atoms with Crippen molar-refractivity contribution in [3.05, 3.63) is 69.6 Å². The van der Waals surface area contributed by atoms with Gasteiger partial charge in [0.05, 0.1) is 37.3 Å². The lowest BCUT2D eigenvalue weighted by Crippen LogP contribution is -2.36. The Bertz CT molecular complexity index is 1210. The van der Waals surface area contributed by atoms with Gasteiger partial charge in [-0.25, -0.2) is 0 Å². The van der Waals surface area contributed by atoms with Crippen LogP contribution in [-0.2, 0) is 4.74 Å². The average molecular weight is 421 g/mol. The summed E-state index contributed by atoms with van der Waals surface area (Å²) in [5, 5.41) is 0.457. The van der Waals surface area contributed by atoms with E-state index in [0.29, 0.717) is 41.2 Å². The third kappa shape index (κ3) is 3.16. The van der Waals surface area contributed by atoms with Crippen LogP contribution < -0.4 is 14.9 Å². The molecule has 3 heterocycles. The van der Waals surface area contributed by atoms with E-state index in [1.807, 2.05) is 12.1 Å². The molecule has 0 aliphatic carbocycles. The normalized spacial score (nSPS) is 20.3. The van der Waals surface area contributed by atoms with Crippen LogP contribution in [0.1, 0.15) is 40.6 Å². The van der Waals surface area contributed by atoms with E-state index in [-0.39, 0.29) is 23.2 Å². The number of nitrogens with zero attached hydrogens (tertiary/aromatic N) is 1. The Labute approximate surface area is 179 Å². The second kappa shape index (κ2) is 7.74. The van der Waals surface area contributed by atoms with Crippen LogP contribution in [0.3, 0.4) is 0 Å². The van der Waals surface area contributed by atoms with Gasteiger partial charge in [-0.1, -0.05) is 18.2 Å². The number of hydrogen-bond donors (Lipinski definition) is 0. The maximum atomic E-state index is 13.5. The molecule has 2 aromatic carbocycles. The lowest BCUT2D eigenvalue weighted by molar-refractivity contribution is 0.0486. The van der Waals surface area contributed by atoms with E-state index >= 15 is 0 Å². The van der Waals surface area contributed by atoms with Crippen molar-refractivity contribution in [2.75, 3.05) is 27.4 Å². The van der Waals surface area contributed by atoms with Crippen molar-refractivity contribution in [1.29, 1.82) is 0 Å². The van der Waals surface area contributed by atoms with Crippen molar-refractivity contribution in [1.82, 2.24) is 4.90 Å². The minimum atomic E-state index is -0.590. The molecule has 2 aliphatic heterocycles. The van der Waals surface area contributed by atoms with Gasteiger partial charge in [0.15, 0.2) is 16.9 Å². The van der Waals surface area contributed by atoms with Gasteiger partial charge in [0.25, 0.3) is 5.91 Å². The minimum Gasteiger partial charge on any atom is -0.493 e. The van der Waals surface area contributed by atoms with Crippen molar-refractivity contribution >= 4 is 16.9 Å². The molecular formula is C24H23NO6. The molecule has 0 radical (unpaired) electrons. The lowest BCUT2D eigenvalue weighted by Gasteiger charge is -2.27. The Hall–Kier alpha value is -3.32. The van der Waals surface area contributed by atoms with Crippen LogP contribution in [0.15, 0.2) is 51.7 Å².